The average Bonchev–Trinajstić information content (AvgIpc) is 2.98. The summed E-state index contributed by atoms with van der Waals surface area (Å²) in [7, 11) is 0. The Morgan fingerprint density at radius 3 is 2.00 bits per heavy atom. The highest BCUT2D eigenvalue weighted by molar-refractivity contribution is 7.94. The summed E-state index contributed by atoms with van der Waals surface area (Å²) in [6.07, 6.45) is 9.33. The van der Waals surface area contributed by atoms with E-state index in [1.54, 1.807) is 0 Å². The highest BCUT2D eigenvalue weighted by atomic mass is 32.2. The van der Waals surface area contributed by atoms with Gasteiger partial charge in [0.05, 0.1) is 0 Å². The summed E-state index contributed by atoms with van der Waals surface area (Å²) in [5.74, 6) is 0.731. The largest absolute Gasteiger partial charge is 0.310 e. The third-order valence-corrected chi connectivity index (χ3v) is 6.85. The first-order valence-electron chi connectivity index (χ1n) is 12.5. The first kappa shape index (κ1) is 25.7. The minimum atomic E-state index is 0.731. The zero-order valence-electron chi connectivity index (χ0n) is 20.9. The van der Waals surface area contributed by atoms with Crippen molar-refractivity contribution in [1.82, 2.24) is 0 Å². The lowest BCUT2D eigenvalue weighted by Crippen LogP contribution is -2.32. The van der Waals surface area contributed by atoms with Gasteiger partial charge in [0.15, 0.2) is 12.4 Å². The molecule has 190 valence electrons. The second-order valence-corrected chi connectivity index (χ2v) is 9.60. The van der Waals surface area contributed by atoms with E-state index in [0.29, 0.717) is 0 Å². The highest BCUT2D eigenvalue weighted by Gasteiger charge is 2.12. The Morgan fingerprint density at radius 2 is 1.32 bits per heavy atom. The summed E-state index contributed by atoms with van der Waals surface area (Å²) < 4.78 is 6.52. The summed E-state index contributed by atoms with van der Waals surface area (Å²) in [5.41, 5.74) is 5.69. The Kier molecular flexibility index (Phi) is 8.81. The fraction of sp³-hybridized carbons (Fsp3) is 0.0938. The SMILES string of the molecule is OOOSCCC[n+]1ccc(C=Cc2ccc3cc(N(c4ccccc4)c4ccccc4)ccc3c2)cc1. The first-order valence-corrected chi connectivity index (χ1v) is 13.4. The number of hydrogen-bond acceptors (Lipinski definition) is 5. The standard InChI is InChI=1S/C32H28N2O3S/c35-36-37-38-23-7-20-33-21-18-26(19-22-33)12-13-27-14-15-29-25-32(17-16-28(29)24-27)34(30-8-3-1-4-9-30)31-10-5-2-6-11-31/h1-6,8-19,21-22,24-25H,7,20,23H2/p+1. The third kappa shape index (κ3) is 6.68. The van der Waals surface area contributed by atoms with Crippen LogP contribution in [0.4, 0.5) is 17.1 Å². The molecule has 0 amide bonds. The van der Waals surface area contributed by atoms with Crippen LogP contribution in [0.3, 0.4) is 0 Å². The summed E-state index contributed by atoms with van der Waals surface area (Å²) in [6, 6.07) is 38.3. The molecule has 1 N–H and O–H groups in total. The highest BCUT2D eigenvalue weighted by Crippen LogP contribution is 2.35. The fourth-order valence-electron chi connectivity index (χ4n) is 4.38. The molecule has 5 rings (SSSR count). The summed E-state index contributed by atoms with van der Waals surface area (Å²) in [6.45, 7) is 0.865. The van der Waals surface area contributed by atoms with Crippen molar-refractivity contribution in [1.29, 1.82) is 0 Å². The number of nitrogens with zero attached hydrogens (tertiary/aromatic N) is 2. The third-order valence-electron chi connectivity index (χ3n) is 6.24. The smallest absolute Gasteiger partial charge is 0.169 e. The number of benzene rings is 4. The van der Waals surface area contributed by atoms with E-state index in [-0.39, 0.29) is 0 Å². The number of rotatable bonds is 11. The van der Waals surface area contributed by atoms with E-state index in [9.17, 15) is 0 Å². The predicted molar refractivity (Wildman–Crippen MR) is 156 cm³/mol. The van der Waals surface area contributed by atoms with Crippen LogP contribution in [0.25, 0.3) is 22.9 Å². The van der Waals surface area contributed by atoms with Gasteiger partial charge in [-0.1, -0.05) is 71.8 Å². The molecule has 5 aromatic rings. The van der Waals surface area contributed by atoms with Gasteiger partial charge in [-0.2, -0.15) is 0 Å². The van der Waals surface area contributed by atoms with Crippen molar-refractivity contribution >= 4 is 52.0 Å². The van der Waals surface area contributed by atoms with Crippen molar-refractivity contribution in [3.63, 3.8) is 0 Å². The number of hydrogen-bond donors (Lipinski definition) is 1. The molecule has 0 saturated carbocycles. The van der Waals surface area contributed by atoms with Crippen LogP contribution in [0.5, 0.6) is 0 Å². The van der Waals surface area contributed by atoms with Crippen LogP contribution in [-0.4, -0.2) is 11.0 Å². The van der Waals surface area contributed by atoms with Gasteiger partial charge in [0.2, 0.25) is 0 Å². The van der Waals surface area contributed by atoms with Gasteiger partial charge >= 0.3 is 0 Å². The molecule has 0 aliphatic rings. The lowest BCUT2D eigenvalue weighted by Gasteiger charge is -2.25. The van der Waals surface area contributed by atoms with Crippen molar-refractivity contribution in [2.24, 2.45) is 0 Å². The number of anilines is 3. The van der Waals surface area contributed by atoms with Crippen molar-refractivity contribution in [2.45, 2.75) is 13.0 Å². The van der Waals surface area contributed by atoms with E-state index in [2.05, 4.69) is 140 Å². The molecule has 38 heavy (non-hydrogen) atoms. The minimum absolute atomic E-state index is 0.731. The summed E-state index contributed by atoms with van der Waals surface area (Å²) >= 11 is 1.08. The monoisotopic (exact) mass is 521 g/mol. The molecule has 0 spiro atoms. The molecule has 0 radical (unpaired) electrons. The van der Waals surface area contributed by atoms with Crippen molar-refractivity contribution in [3.05, 3.63) is 133 Å². The number of aryl methyl sites for hydroxylation is 1. The molecular formula is C32H29N2O3S+. The normalized spacial score (nSPS) is 11.3. The van der Waals surface area contributed by atoms with Crippen LogP contribution in [0.2, 0.25) is 0 Å². The molecule has 1 heterocycles. The zero-order chi connectivity index (χ0) is 26.0. The number of pyridine rings is 1. The van der Waals surface area contributed by atoms with Crippen molar-refractivity contribution < 1.29 is 19.2 Å². The fourth-order valence-corrected chi connectivity index (χ4v) is 4.74. The van der Waals surface area contributed by atoms with Gasteiger partial charge in [-0.15, -0.1) is 4.33 Å². The van der Waals surface area contributed by atoms with E-state index in [1.807, 2.05) is 12.1 Å². The van der Waals surface area contributed by atoms with Crippen molar-refractivity contribution in [2.75, 3.05) is 10.7 Å². The maximum Gasteiger partial charge on any atom is 0.169 e. The molecule has 4 aromatic carbocycles. The van der Waals surface area contributed by atoms with Crippen LogP contribution in [-0.2, 0) is 15.9 Å². The maximum atomic E-state index is 8.15. The minimum Gasteiger partial charge on any atom is -0.310 e. The second-order valence-electron chi connectivity index (χ2n) is 8.82. The molecule has 0 aliphatic carbocycles. The molecule has 0 fully saturated rings. The van der Waals surface area contributed by atoms with E-state index < -0.39 is 0 Å². The van der Waals surface area contributed by atoms with E-state index in [4.69, 9.17) is 5.26 Å². The average molecular weight is 522 g/mol. The van der Waals surface area contributed by atoms with Gasteiger partial charge in [0.1, 0.15) is 6.54 Å². The van der Waals surface area contributed by atoms with Gasteiger partial charge in [0.25, 0.3) is 0 Å². The topological polar surface area (TPSA) is 45.8 Å². The van der Waals surface area contributed by atoms with Gasteiger partial charge in [-0.05, 0) is 64.4 Å². The predicted octanol–water partition coefficient (Wildman–Crippen LogP) is 8.23. The number of fused-ring (bicyclic) bond motifs is 1. The lowest BCUT2D eigenvalue weighted by atomic mass is 10.0. The molecule has 0 atom stereocenters. The van der Waals surface area contributed by atoms with Crippen LogP contribution in [0.1, 0.15) is 17.5 Å². The van der Waals surface area contributed by atoms with Crippen LogP contribution in [0.15, 0.2) is 122 Å². The zero-order valence-corrected chi connectivity index (χ0v) is 21.7. The molecule has 1 aromatic heterocycles. The van der Waals surface area contributed by atoms with Crippen LogP contribution < -0.4 is 9.47 Å². The van der Waals surface area contributed by atoms with Gasteiger partial charge in [0, 0.05) is 53.4 Å². The lowest BCUT2D eigenvalue weighted by molar-refractivity contribution is -0.696. The molecule has 6 heteroatoms. The molecule has 5 nitrogen and oxygen atoms in total. The van der Waals surface area contributed by atoms with E-state index >= 15 is 0 Å². The second kappa shape index (κ2) is 13.0. The molecule has 0 aliphatic heterocycles. The van der Waals surface area contributed by atoms with Gasteiger partial charge in [-0.3, -0.25) is 0 Å². The Morgan fingerprint density at radius 1 is 0.684 bits per heavy atom. The Balaban J connectivity index is 1.31. The maximum absolute atomic E-state index is 8.15. The summed E-state index contributed by atoms with van der Waals surface area (Å²) in [5, 5.41) is 14.1. The van der Waals surface area contributed by atoms with E-state index in [0.717, 1.165) is 59.0 Å². The van der Waals surface area contributed by atoms with Gasteiger partial charge in [-0.25, -0.2) is 9.82 Å². The molecular weight excluding hydrogens is 492 g/mol. The quantitative estimate of drug-likeness (QED) is 0.0624. The first-order chi connectivity index (χ1) is 18.8. The molecule has 0 saturated heterocycles. The number of para-hydroxylation sites is 2. The molecule has 0 unspecified atom stereocenters. The Bertz CT molecular complexity index is 1440. The van der Waals surface area contributed by atoms with Crippen molar-refractivity contribution in [3.8, 4) is 0 Å². The summed E-state index contributed by atoms with van der Waals surface area (Å²) in [4.78, 5) is 2.28. The Labute approximate surface area is 227 Å². The van der Waals surface area contributed by atoms with Crippen LogP contribution >= 0.6 is 12.0 Å². The molecule has 0 bridgehead atoms. The van der Waals surface area contributed by atoms with Crippen LogP contribution in [0, 0.1) is 0 Å². The van der Waals surface area contributed by atoms with Gasteiger partial charge < -0.3 is 4.90 Å². The number of aromatic nitrogens is 1. The Hall–Kier alpha value is -3.94. The van der Waals surface area contributed by atoms with E-state index in [1.165, 1.54) is 10.8 Å².